The van der Waals surface area contributed by atoms with E-state index in [1.165, 1.54) is 6.07 Å². The summed E-state index contributed by atoms with van der Waals surface area (Å²) >= 11 is 0. The van der Waals surface area contributed by atoms with Gasteiger partial charge in [0.1, 0.15) is 0 Å². The van der Waals surface area contributed by atoms with Gasteiger partial charge in [0.05, 0.1) is 0 Å². The summed E-state index contributed by atoms with van der Waals surface area (Å²) in [4.78, 5) is 2.29. The Labute approximate surface area is 126 Å². The molecule has 0 amide bonds. The molecule has 1 fully saturated rings. The molecule has 0 spiro atoms. The molecule has 1 aliphatic heterocycles. The Morgan fingerprint density at radius 2 is 2.00 bits per heavy atom. The zero-order valence-corrected chi connectivity index (χ0v) is 13.4. The summed E-state index contributed by atoms with van der Waals surface area (Å²) in [6, 6.07) is 5.16. The number of rotatable bonds is 3. The van der Waals surface area contributed by atoms with Gasteiger partial charge in [0, 0.05) is 37.3 Å². The van der Waals surface area contributed by atoms with E-state index in [-0.39, 0.29) is 5.41 Å². The lowest BCUT2D eigenvalue weighted by Crippen LogP contribution is -2.60. The van der Waals surface area contributed by atoms with Crippen molar-refractivity contribution in [2.45, 2.75) is 52.7 Å². The predicted molar refractivity (Wildman–Crippen MR) is 82.1 cm³/mol. The molecule has 4 heteroatoms. The van der Waals surface area contributed by atoms with E-state index in [4.69, 9.17) is 0 Å². The smallest absolute Gasteiger partial charge is 0.163 e. The minimum atomic E-state index is -0.762. The molecule has 0 aliphatic carbocycles. The van der Waals surface area contributed by atoms with Gasteiger partial charge in [0.25, 0.3) is 0 Å². The summed E-state index contributed by atoms with van der Waals surface area (Å²) in [7, 11) is 0. The highest BCUT2D eigenvalue weighted by atomic mass is 19.2. The predicted octanol–water partition coefficient (Wildman–Crippen LogP) is 3.56. The largest absolute Gasteiger partial charge is 0.311 e. The van der Waals surface area contributed by atoms with Gasteiger partial charge in [0.2, 0.25) is 0 Å². The maximum atomic E-state index is 13.9. The van der Waals surface area contributed by atoms with E-state index >= 15 is 0 Å². The summed E-state index contributed by atoms with van der Waals surface area (Å²) in [6.07, 6.45) is 1.04. The number of piperazine rings is 1. The van der Waals surface area contributed by atoms with Crippen molar-refractivity contribution in [3.63, 3.8) is 0 Å². The first-order valence-electron chi connectivity index (χ1n) is 7.73. The highest BCUT2D eigenvalue weighted by Crippen LogP contribution is 2.28. The molecule has 0 bridgehead atoms. The highest BCUT2D eigenvalue weighted by Gasteiger charge is 2.35. The first kappa shape index (κ1) is 16.4. The van der Waals surface area contributed by atoms with Gasteiger partial charge in [-0.15, -0.1) is 0 Å². The Hall–Kier alpha value is -1.00. The molecule has 2 unspecified atom stereocenters. The number of benzene rings is 1. The average molecular weight is 296 g/mol. The third kappa shape index (κ3) is 3.80. The summed E-state index contributed by atoms with van der Waals surface area (Å²) in [5.41, 5.74) is 0.538. The second-order valence-corrected chi connectivity index (χ2v) is 7.04. The molecule has 1 aromatic carbocycles. The van der Waals surface area contributed by atoms with Crippen LogP contribution in [0, 0.1) is 17.0 Å². The van der Waals surface area contributed by atoms with Crippen LogP contribution in [0.4, 0.5) is 8.78 Å². The van der Waals surface area contributed by atoms with Crippen LogP contribution in [0.25, 0.3) is 0 Å². The van der Waals surface area contributed by atoms with Crippen molar-refractivity contribution in [2.75, 3.05) is 13.1 Å². The van der Waals surface area contributed by atoms with Crippen molar-refractivity contribution in [3.8, 4) is 0 Å². The summed E-state index contributed by atoms with van der Waals surface area (Å²) in [6.45, 7) is 11.0. The third-order valence-corrected chi connectivity index (χ3v) is 4.39. The Kier molecular flexibility index (Phi) is 4.99. The van der Waals surface area contributed by atoms with E-state index in [0.29, 0.717) is 24.2 Å². The molecule has 118 valence electrons. The van der Waals surface area contributed by atoms with E-state index in [9.17, 15) is 8.78 Å². The molecular formula is C17H26F2N2. The number of hydrogen-bond donors (Lipinski definition) is 1. The normalized spacial score (nSPS) is 24.3. The van der Waals surface area contributed by atoms with Crippen molar-refractivity contribution in [1.82, 2.24) is 10.2 Å². The molecule has 1 N–H and O–H groups in total. The van der Waals surface area contributed by atoms with Crippen molar-refractivity contribution < 1.29 is 8.78 Å². The van der Waals surface area contributed by atoms with Gasteiger partial charge in [-0.05, 0) is 17.9 Å². The molecule has 2 rings (SSSR count). The summed E-state index contributed by atoms with van der Waals surface area (Å²) in [5, 5.41) is 3.56. The topological polar surface area (TPSA) is 15.3 Å². The molecule has 1 saturated heterocycles. The molecule has 1 heterocycles. The van der Waals surface area contributed by atoms with E-state index in [2.05, 4.69) is 37.9 Å². The standard InChI is InChI=1S/C17H26F2N2/c1-5-13-11-21(15(9-20-13)17(2,3)4)10-12-7-6-8-14(18)16(12)19/h6-8,13,15,20H,5,9-11H2,1-4H3. The second-order valence-electron chi connectivity index (χ2n) is 7.04. The van der Waals surface area contributed by atoms with Crippen LogP contribution in [0.5, 0.6) is 0 Å². The fourth-order valence-electron chi connectivity index (χ4n) is 3.07. The summed E-state index contributed by atoms with van der Waals surface area (Å²) in [5.74, 6) is -1.47. The first-order valence-corrected chi connectivity index (χ1v) is 7.73. The molecule has 0 radical (unpaired) electrons. The molecule has 2 nitrogen and oxygen atoms in total. The second kappa shape index (κ2) is 6.41. The minimum absolute atomic E-state index is 0.0928. The van der Waals surface area contributed by atoms with Gasteiger partial charge in [-0.3, -0.25) is 4.90 Å². The lowest BCUT2D eigenvalue weighted by Gasteiger charge is -2.46. The number of halogens is 2. The Morgan fingerprint density at radius 3 is 2.62 bits per heavy atom. The molecule has 1 aliphatic rings. The fourth-order valence-corrected chi connectivity index (χ4v) is 3.07. The molecule has 0 aromatic heterocycles. The van der Waals surface area contributed by atoms with Crippen LogP contribution in [0.3, 0.4) is 0 Å². The Bertz CT molecular complexity index is 482. The van der Waals surface area contributed by atoms with Crippen molar-refractivity contribution in [1.29, 1.82) is 0 Å². The monoisotopic (exact) mass is 296 g/mol. The first-order chi connectivity index (χ1) is 9.82. The van der Waals surface area contributed by atoms with E-state index in [1.807, 2.05) is 0 Å². The number of nitrogens with one attached hydrogen (secondary N) is 1. The third-order valence-electron chi connectivity index (χ3n) is 4.39. The van der Waals surface area contributed by atoms with Gasteiger partial charge in [0.15, 0.2) is 11.6 Å². The van der Waals surface area contributed by atoms with Gasteiger partial charge < -0.3 is 5.32 Å². The number of hydrogen-bond acceptors (Lipinski definition) is 2. The van der Waals surface area contributed by atoms with Crippen LogP contribution in [0.15, 0.2) is 18.2 Å². The fraction of sp³-hybridized carbons (Fsp3) is 0.647. The molecular weight excluding hydrogens is 270 g/mol. The summed E-state index contributed by atoms with van der Waals surface area (Å²) < 4.78 is 27.3. The van der Waals surface area contributed by atoms with Crippen LogP contribution in [-0.4, -0.2) is 30.1 Å². The quantitative estimate of drug-likeness (QED) is 0.917. The number of nitrogens with zero attached hydrogens (tertiary/aromatic N) is 1. The molecule has 0 saturated carbocycles. The van der Waals surface area contributed by atoms with Gasteiger partial charge in [-0.2, -0.15) is 0 Å². The highest BCUT2D eigenvalue weighted by molar-refractivity contribution is 5.19. The lowest BCUT2D eigenvalue weighted by molar-refractivity contribution is 0.0475. The zero-order valence-electron chi connectivity index (χ0n) is 13.4. The van der Waals surface area contributed by atoms with Gasteiger partial charge >= 0.3 is 0 Å². The van der Waals surface area contributed by atoms with Crippen LogP contribution in [-0.2, 0) is 6.54 Å². The lowest BCUT2D eigenvalue weighted by atomic mass is 9.83. The maximum Gasteiger partial charge on any atom is 0.163 e. The minimum Gasteiger partial charge on any atom is -0.311 e. The van der Waals surface area contributed by atoms with E-state index in [1.54, 1.807) is 12.1 Å². The van der Waals surface area contributed by atoms with Crippen molar-refractivity contribution >= 4 is 0 Å². The zero-order chi connectivity index (χ0) is 15.6. The van der Waals surface area contributed by atoms with Crippen LogP contribution in [0.1, 0.15) is 39.7 Å². The Morgan fingerprint density at radius 1 is 1.29 bits per heavy atom. The van der Waals surface area contributed by atoms with Crippen molar-refractivity contribution in [2.24, 2.45) is 5.41 Å². The molecule has 2 atom stereocenters. The van der Waals surface area contributed by atoms with Gasteiger partial charge in [-0.1, -0.05) is 39.8 Å². The SMILES string of the molecule is CCC1CN(Cc2cccc(F)c2F)C(C(C)(C)C)CN1. The van der Waals surface area contributed by atoms with E-state index in [0.717, 1.165) is 19.5 Å². The average Bonchev–Trinajstić information content (AvgIpc) is 2.42. The van der Waals surface area contributed by atoms with E-state index < -0.39 is 11.6 Å². The van der Waals surface area contributed by atoms with Crippen molar-refractivity contribution in [3.05, 3.63) is 35.4 Å². The van der Waals surface area contributed by atoms with Crippen LogP contribution in [0.2, 0.25) is 0 Å². The van der Waals surface area contributed by atoms with Crippen LogP contribution >= 0.6 is 0 Å². The molecule has 21 heavy (non-hydrogen) atoms. The van der Waals surface area contributed by atoms with Gasteiger partial charge in [-0.25, -0.2) is 8.78 Å². The maximum absolute atomic E-state index is 13.9. The molecule has 1 aromatic rings. The van der Waals surface area contributed by atoms with Crippen LogP contribution < -0.4 is 5.32 Å². The Balaban J connectivity index is 2.21.